The Morgan fingerprint density at radius 3 is 3.06 bits per heavy atom. The monoisotopic (exact) mass is 236 g/mol. The Kier molecular flexibility index (Phi) is 3.32. The topological polar surface area (TPSA) is 89.3 Å². The van der Waals surface area contributed by atoms with Crippen LogP contribution in [0.4, 0.5) is 11.5 Å². The molecule has 6 heteroatoms. The highest BCUT2D eigenvalue weighted by molar-refractivity contribution is 5.77. The smallest absolute Gasteiger partial charge is 0.238 e. The van der Waals surface area contributed by atoms with E-state index < -0.39 is 0 Å². The van der Waals surface area contributed by atoms with Crippen molar-refractivity contribution in [1.29, 1.82) is 0 Å². The molecular weight excluding hydrogens is 220 g/mol. The third-order valence-corrected chi connectivity index (χ3v) is 2.70. The Bertz CT molecular complexity index is 412. The molecule has 6 nitrogen and oxygen atoms in total. The standard InChI is InChI=1S/C11H16N4O2/c1-17-11-8(12)3-4-9(15-11)14-7-2-5-10(16)13-6-7/h3-4,7H,2,5-6,12H2,1H3,(H,13,16)(H,14,15). The Morgan fingerprint density at radius 2 is 2.41 bits per heavy atom. The molecule has 1 atom stereocenters. The maximum absolute atomic E-state index is 11.0. The quantitative estimate of drug-likeness (QED) is 0.705. The first-order chi connectivity index (χ1) is 8.19. The minimum Gasteiger partial charge on any atom is -0.479 e. The van der Waals surface area contributed by atoms with Gasteiger partial charge in [0, 0.05) is 19.0 Å². The number of nitrogens with one attached hydrogen (secondary N) is 2. The molecular formula is C11H16N4O2. The van der Waals surface area contributed by atoms with Crippen molar-refractivity contribution >= 4 is 17.4 Å². The fraction of sp³-hybridized carbons (Fsp3) is 0.455. The molecule has 17 heavy (non-hydrogen) atoms. The molecule has 1 aliphatic rings. The van der Waals surface area contributed by atoms with Crippen LogP contribution in [0.5, 0.6) is 5.88 Å². The molecule has 1 aliphatic heterocycles. The van der Waals surface area contributed by atoms with Crippen LogP contribution in [0.25, 0.3) is 0 Å². The van der Waals surface area contributed by atoms with Crippen molar-refractivity contribution < 1.29 is 9.53 Å². The van der Waals surface area contributed by atoms with Gasteiger partial charge in [-0.3, -0.25) is 4.79 Å². The van der Waals surface area contributed by atoms with E-state index in [0.29, 0.717) is 30.4 Å². The van der Waals surface area contributed by atoms with Crippen molar-refractivity contribution in [2.75, 3.05) is 24.7 Å². The maximum Gasteiger partial charge on any atom is 0.238 e. The summed E-state index contributed by atoms with van der Waals surface area (Å²) in [6.45, 7) is 0.618. The predicted octanol–water partition coefficient (Wildman–Crippen LogP) is 0.363. The van der Waals surface area contributed by atoms with Gasteiger partial charge in [-0.25, -0.2) is 0 Å². The third-order valence-electron chi connectivity index (χ3n) is 2.70. The highest BCUT2D eigenvalue weighted by Crippen LogP contribution is 2.21. The van der Waals surface area contributed by atoms with Gasteiger partial charge in [0.25, 0.3) is 0 Å². The Hall–Kier alpha value is -1.98. The number of hydrogen-bond acceptors (Lipinski definition) is 5. The number of ether oxygens (including phenoxy) is 1. The number of amides is 1. The maximum atomic E-state index is 11.0. The lowest BCUT2D eigenvalue weighted by Gasteiger charge is -2.24. The molecule has 1 aromatic rings. The number of piperidine rings is 1. The van der Waals surface area contributed by atoms with E-state index in [0.717, 1.165) is 6.42 Å². The summed E-state index contributed by atoms with van der Waals surface area (Å²) >= 11 is 0. The summed E-state index contributed by atoms with van der Waals surface area (Å²) in [5, 5.41) is 6.05. The highest BCUT2D eigenvalue weighted by Gasteiger charge is 2.18. The van der Waals surface area contributed by atoms with Crippen LogP contribution in [0.2, 0.25) is 0 Å². The van der Waals surface area contributed by atoms with Gasteiger partial charge in [-0.15, -0.1) is 0 Å². The number of nitrogen functional groups attached to an aromatic ring is 1. The average Bonchev–Trinajstić information content (AvgIpc) is 2.34. The molecule has 0 saturated carbocycles. The molecule has 2 rings (SSSR count). The second-order valence-electron chi connectivity index (χ2n) is 3.98. The lowest BCUT2D eigenvalue weighted by Crippen LogP contribution is -2.42. The van der Waals surface area contributed by atoms with Crippen LogP contribution in [0.15, 0.2) is 12.1 Å². The van der Waals surface area contributed by atoms with E-state index in [1.807, 2.05) is 0 Å². The van der Waals surface area contributed by atoms with Gasteiger partial charge in [0.2, 0.25) is 11.8 Å². The zero-order valence-corrected chi connectivity index (χ0v) is 9.69. The number of pyridine rings is 1. The summed E-state index contributed by atoms with van der Waals surface area (Å²) in [7, 11) is 1.53. The minimum atomic E-state index is 0.103. The largest absolute Gasteiger partial charge is 0.479 e. The molecule has 0 aliphatic carbocycles. The molecule has 1 aromatic heterocycles. The number of carbonyl (C=O) groups excluding carboxylic acids is 1. The third kappa shape index (κ3) is 2.77. The molecule has 1 unspecified atom stereocenters. The molecule has 92 valence electrons. The summed E-state index contributed by atoms with van der Waals surface area (Å²) in [6.07, 6.45) is 1.35. The fourth-order valence-electron chi connectivity index (χ4n) is 1.76. The number of anilines is 2. The van der Waals surface area contributed by atoms with Gasteiger partial charge in [-0.2, -0.15) is 4.98 Å². The van der Waals surface area contributed by atoms with E-state index in [4.69, 9.17) is 10.5 Å². The van der Waals surface area contributed by atoms with Gasteiger partial charge in [-0.05, 0) is 18.6 Å². The first kappa shape index (κ1) is 11.5. The molecule has 1 saturated heterocycles. The average molecular weight is 236 g/mol. The van der Waals surface area contributed by atoms with Crippen molar-refractivity contribution in [2.45, 2.75) is 18.9 Å². The van der Waals surface area contributed by atoms with E-state index in [2.05, 4.69) is 15.6 Å². The zero-order chi connectivity index (χ0) is 12.3. The van der Waals surface area contributed by atoms with Crippen LogP contribution in [-0.2, 0) is 4.79 Å². The molecule has 1 amide bonds. The van der Waals surface area contributed by atoms with E-state index in [1.165, 1.54) is 7.11 Å². The minimum absolute atomic E-state index is 0.103. The van der Waals surface area contributed by atoms with Crippen molar-refractivity contribution in [3.63, 3.8) is 0 Å². The zero-order valence-electron chi connectivity index (χ0n) is 9.69. The van der Waals surface area contributed by atoms with Crippen molar-refractivity contribution in [3.8, 4) is 5.88 Å². The Labute approximate surface area is 99.5 Å². The van der Waals surface area contributed by atoms with Crippen molar-refractivity contribution in [2.24, 2.45) is 0 Å². The second kappa shape index (κ2) is 4.90. The van der Waals surface area contributed by atoms with Crippen LogP contribution in [0.1, 0.15) is 12.8 Å². The SMILES string of the molecule is COc1nc(NC2CCC(=O)NC2)ccc1N. The number of nitrogens with two attached hydrogens (primary N) is 1. The van der Waals surface area contributed by atoms with Gasteiger partial charge in [-0.1, -0.05) is 0 Å². The first-order valence-corrected chi connectivity index (χ1v) is 5.53. The van der Waals surface area contributed by atoms with Gasteiger partial charge in [0.1, 0.15) is 5.82 Å². The normalized spacial score (nSPS) is 19.6. The van der Waals surface area contributed by atoms with Gasteiger partial charge < -0.3 is 21.1 Å². The van der Waals surface area contributed by atoms with Crippen LogP contribution < -0.4 is 21.1 Å². The summed E-state index contributed by atoms with van der Waals surface area (Å²) in [6, 6.07) is 3.75. The predicted molar refractivity (Wildman–Crippen MR) is 64.9 cm³/mol. The molecule has 0 spiro atoms. The molecule has 0 aromatic carbocycles. The Morgan fingerprint density at radius 1 is 1.59 bits per heavy atom. The summed E-state index contributed by atoms with van der Waals surface area (Å²) in [5.41, 5.74) is 6.19. The summed E-state index contributed by atoms with van der Waals surface area (Å²) in [4.78, 5) is 15.2. The Balaban J connectivity index is 2.01. The van der Waals surface area contributed by atoms with E-state index in [-0.39, 0.29) is 11.9 Å². The van der Waals surface area contributed by atoms with Gasteiger partial charge in [0.05, 0.1) is 12.8 Å². The van der Waals surface area contributed by atoms with Gasteiger partial charge >= 0.3 is 0 Å². The number of nitrogens with zero attached hydrogens (tertiary/aromatic N) is 1. The fourth-order valence-corrected chi connectivity index (χ4v) is 1.76. The van der Waals surface area contributed by atoms with E-state index >= 15 is 0 Å². The molecule has 2 heterocycles. The molecule has 1 fully saturated rings. The highest BCUT2D eigenvalue weighted by atomic mass is 16.5. The summed E-state index contributed by atoms with van der Waals surface area (Å²) in [5.74, 6) is 1.22. The van der Waals surface area contributed by atoms with Crippen LogP contribution >= 0.6 is 0 Å². The molecule has 0 radical (unpaired) electrons. The van der Waals surface area contributed by atoms with Gasteiger partial charge in [0.15, 0.2) is 0 Å². The number of carbonyl (C=O) groups is 1. The van der Waals surface area contributed by atoms with E-state index in [1.54, 1.807) is 12.1 Å². The molecule has 0 bridgehead atoms. The van der Waals surface area contributed by atoms with Crippen molar-refractivity contribution in [1.82, 2.24) is 10.3 Å². The van der Waals surface area contributed by atoms with Crippen LogP contribution in [0.3, 0.4) is 0 Å². The second-order valence-corrected chi connectivity index (χ2v) is 3.98. The number of aromatic nitrogens is 1. The molecule has 4 N–H and O–H groups in total. The summed E-state index contributed by atoms with van der Waals surface area (Å²) < 4.78 is 5.05. The van der Waals surface area contributed by atoms with Crippen LogP contribution in [-0.4, -0.2) is 30.6 Å². The van der Waals surface area contributed by atoms with E-state index in [9.17, 15) is 4.79 Å². The number of hydrogen-bond donors (Lipinski definition) is 3. The number of rotatable bonds is 3. The van der Waals surface area contributed by atoms with Crippen LogP contribution in [0, 0.1) is 0 Å². The lowest BCUT2D eigenvalue weighted by molar-refractivity contribution is -0.122. The number of methoxy groups -OCH3 is 1. The lowest BCUT2D eigenvalue weighted by atomic mass is 10.1. The first-order valence-electron chi connectivity index (χ1n) is 5.53. The van der Waals surface area contributed by atoms with Crippen molar-refractivity contribution in [3.05, 3.63) is 12.1 Å².